The summed E-state index contributed by atoms with van der Waals surface area (Å²) >= 11 is 0. The first-order valence-electron chi connectivity index (χ1n) is 9.95. The van der Waals surface area contributed by atoms with Gasteiger partial charge >= 0.3 is 0 Å². The summed E-state index contributed by atoms with van der Waals surface area (Å²) in [6.45, 7) is 12.7. The highest BCUT2D eigenvalue weighted by molar-refractivity contribution is 7.89. The van der Waals surface area contributed by atoms with E-state index in [-0.39, 0.29) is 25.0 Å². The summed E-state index contributed by atoms with van der Waals surface area (Å²) in [5.74, 6) is -0.0474. The van der Waals surface area contributed by atoms with Gasteiger partial charge in [0, 0.05) is 37.8 Å². The molecule has 1 amide bonds. The average molecular weight is 419 g/mol. The van der Waals surface area contributed by atoms with Gasteiger partial charge in [-0.25, -0.2) is 8.42 Å². The number of amides is 1. The fraction of sp³-hybridized carbons (Fsp3) is 0.524. The van der Waals surface area contributed by atoms with Gasteiger partial charge < -0.3 is 4.90 Å². The molecule has 0 N–H and O–H groups in total. The zero-order chi connectivity index (χ0) is 21.5. The molecule has 0 aliphatic carbocycles. The number of sulfonamides is 1. The van der Waals surface area contributed by atoms with Crippen molar-refractivity contribution in [1.82, 2.24) is 19.0 Å². The first-order valence-corrected chi connectivity index (χ1v) is 11.4. The van der Waals surface area contributed by atoms with E-state index in [1.807, 2.05) is 45.9 Å². The van der Waals surface area contributed by atoms with Gasteiger partial charge in [-0.1, -0.05) is 17.2 Å². The Morgan fingerprint density at radius 2 is 1.52 bits per heavy atom. The van der Waals surface area contributed by atoms with Crippen LogP contribution in [0.3, 0.4) is 0 Å². The molecule has 0 saturated carbocycles. The second kappa shape index (κ2) is 7.91. The predicted octanol–water partition coefficient (Wildman–Crippen LogP) is 2.84. The second-order valence-corrected chi connectivity index (χ2v) is 9.99. The molecule has 0 radical (unpaired) electrons. The minimum absolute atomic E-state index is 0.0474. The molecule has 0 spiro atoms. The molecule has 158 valence electrons. The van der Waals surface area contributed by atoms with E-state index in [0.717, 1.165) is 11.1 Å². The third-order valence-corrected chi connectivity index (χ3v) is 7.49. The van der Waals surface area contributed by atoms with Crippen LogP contribution < -0.4 is 0 Å². The maximum atomic E-state index is 13.3. The number of aromatic nitrogens is 2. The van der Waals surface area contributed by atoms with Crippen LogP contribution in [-0.4, -0.2) is 59.5 Å². The lowest BCUT2D eigenvalue weighted by Gasteiger charge is -2.34. The van der Waals surface area contributed by atoms with Crippen LogP contribution in [0.15, 0.2) is 23.1 Å². The number of aryl methyl sites for hydroxylation is 3. The number of carbonyl (C=O) groups is 1. The lowest BCUT2D eigenvalue weighted by Crippen LogP contribution is -2.50. The van der Waals surface area contributed by atoms with E-state index in [2.05, 4.69) is 5.10 Å². The van der Waals surface area contributed by atoms with Gasteiger partial charge in [-0.2, -0.15) is 9.40 Å². The monoisotopic (exact) mass is 418 g/mol. The molecule has 1 aliphatic rings. The minimum atomic E-state index is -3.65. The quantitative estimate of drug-likeness (QED) is 0.765. The summed E-state index contributed by atoms with van der Waals surface area (Å²) < 4.78 is 29.8. The summed E-state index contributed by atoms with van der Waals surface area (Å²) in [4.78, 5) is 14.9. The van der Waals surface area contributed by atoms with Crippen LogP contribution in [0.4, 0.5) is 0 Å². The van der Waals surface area contributed by atoms with Crippen LogP contribution in [0.25, 0.3) is 0 Å². The Balaban J connectivity index is 1.77. The number of benzene rings is 1. The van der Waals surface area contributed by atoms with Crippen LogP contribution in [-0.2, 0) is 10.0 Å². The molecule has 1 aromatic carbocycles. The smallest absolute Gasteiger partial charge is 0.253 e. The van der Waals surface area contributed by atoms with Gasteiger partial charge in [-0.15, -0.1) is 0 Å². The van der Waals surface area contributed by atoms with Crippen molar-refractivity contribution in [3.63, 3.8) is 0 Å². The average Bonchev–Trinajstić information content (AvgIpc) is 2.95. The molecule has 3 rings (SSSR count). The number of piperazine rings is 1. The number of rotatable bonds is 4. The maximum Gasteiger partial charge on any atom is 0.253 e. The first kappa shape index (κ1) is 21.5. The van der Waals surface area contributed by atoms with Gasteiger partial charge in [-0.3, -0.25) is 9.48 Å². The van der Waals surface area contributed by atoms with Crippen LogP contribution in [0.5, 0.6) is 0 Å². The highest BCUT2D eigenvalue weighted by Crippen LogP contribution is 2.26. The normalized spacial score (nSPS) is 15.9. The maximum absolute atomic E-state index is 13.3. The van der Waals surface area contributed by atoms with Gasteiger partial charge in [0.1, 0.15) is 4.90 Å². The highest BCUT2D eigenvalue weighted by Gasteiger charge is 2.34. The number of carbonyl (C=O) groups excluding carboxylic acids is 1. The summed E-state index contributed by atoms with van der Waals surface area (Å²) in [5, 5.41) is 4.42. The van der Waals surface area contributed by atoms with Crippen molar-refractivity contribution in [2.75, 3.05) is 26.2 Å². The molecule has 8 heteroatoms. The van der Waals surface area contributed by atoms with Gasteiger partial charge in [0.2, 0.25) is 10.0 Å². The zero-order valence-electron chi connectivity index (χ0n) is 18.1. The fourth-order valence-corrected chi connectivity index (χ4v) is 5.85. The Morgan fingerprint density at radius 1 is 0.966 bits per heavy atom. The number of hydrogen-bond donors (Lipinski definition) is 0. The summed E-state index contributed by atoms with van der Waals surface area (Å²) in [6.07, 6.45) is 0. The Hall–Kier alpha value is -2.19. The Labute approximate surface area is 173 Å². The van der Waals surface area contributed by atoms with Crippen LogP contribution >= 0.6 is 0 Å². The van der Waals surface area contributed by atoms with E-state index in [0.29, 0.717) is 34.9 Å². The van der Waals surface area contributed by atoms with Crippen molar-refractivity contribution in [3.8, 4) is 0 Å². The number of nitrogens with zero attached hydrogens (tertiary/aromatic N) is 4. The van der Waals surface area contributed by atoms with E-state index >= 15 is 0 Å². The van der Waals surface area contributed by atoms with E-state index in [1.165, 1.54) is 4.31 Å². The highest BCUT2D eigenvalue weighted by atomic mass is 32.2. The summed E-state index contributed by atoms with van der Waals surface area (Å²) in [5.41, 5.74) is 3.92. The molecule has 0 bridgehead atoms. The minimum Gasteiger partial charge on any atom is -0.336 e. The molecular weight excluding hydrogens is 388 g/mol. The standard InChI is InChI=1S/C21H30N4O3S/c1-14(2)25-18(6)20(17(5)22-25)29(27,28)24-9-7-23(8-10-24)21(26)19-12-15(3)11-16(4)13-19/h11-14H,7-10H2,1-6H3. The molecule has 2 aromatic rings. The van der Waals surface area contributed by atoms with Gasteiger partial charge in [0.15, 0.2) is 0 Å². The molecule has 1 fully saturated rings. The molecule has 0 unspecified atom stereocenters. The van der Waals surface area contributed by atoms with E-state index < -0.39 is 10.0 Å². The van der Waals surface area contributed by atoms with Crippen LogP contribution in [0.2, 0.25) is 0 Å². The second-order valence-electron chi connectivity index (χ2n) is 8.11. The first-order chi connectivity index (χ1) is 13.5. The van der Waals surface area contributed by atoms with Crippen LogP contribution in [0, 0.1) is 27.7 Å². The third-order valence-electron chi connectivity index (χ3n) is 5.34. The predicted molar refractivity (Wildman–Crippen MR) is 113 cm³/mol. The molecule has 29 heavy (non-hydrogen) atoms. The molecule has 2 heterocycles. The lowest BCUT2D eigenvalue weighted by molar-refractivity contribution is 0.0697. The Kier molecular flexibility index (Phi) is 5.87. The van der Waals surface area contributed by atoms with Gasteiger partial charge in [0.05, 0.1) is 11.4 Å². The SMILES string of the molecule is Cc1cc(C)cc(C(=O)N2CCN(S(=O)(=O)c3c(C)nn(C(C)C)c3C)CC2)c1. The van der Waals surface area contributed by atoms with Crippen molar-refractivity contribution in [2.24, 2.45) is 0 Å². The molecular formula is C21H30N4O3S. The Bertz CT molecular complexity index is 1010. The van der Waals surface area contributed by atoms with E-state index in [1.54, 1.807) is 23.4 Å². The van der Waals surface area contributed by atoms with Crippen molar-refractivity contribution in [2.45, 2.75) is 52.5 Å². The van der Waals surface area contributed by atoms with Gasteiger partial charge in [-0.05, 0) is 53.7 Å². The van der Waals surface area contributed by atoms with Crippen LogP contribution in [0.1, 0.15) is 52.8 Å². The topological polar surface area (TPSA) is 75.5 Å². The number of hydrogen-bond acceptors (Lipinski definition) is 4. The summed E-state index contributed by atoms with van der Waals surface area (Å²) in [6, 6.07) is 5.88. The zero-order valence-corrected chi connectivity index (χ0v) is 18.9. The van der Waals surface area contributed by atoms with Crippen molar-refractivity contribution < 1.29 is 13.2 Å². The molecule has 1 aliphatic heterocycles. The third kappa shape index (κ3) is 4.09. The summed E-state index contributed by atoms with van der Waals surface area (Å²) in [7, 11) is -3.65. The molecule has 7 nitrogen and oxygen atoms in total. The lowest BCUT2D eigenvalue weighted by atomic mass is 10.1. The van der Waals surface area contributed by atoms with Crippen molar-refractivity contribution in [1.29, 1.82) is 0 Å². The van der Waals surface area contributed by atoms with Crippen molar-refractivity contribution >= 4 is 15.9 Å². The fourth-order valence-electron chi connectivity index (χ4n) is 4.07. The molecule has 0 atom stereocenters. The molecule has 1 aromatic heterocycles. The van der Waals surface area contributed by atoms with Crippen molar-refractivity contribution in [3.05, 3.63) is 46.3 Å². The largest absolute Gasteiger partial charge is 0.336 e. The van der Waals surface area contributed by atoms with Gasteiger partial charge in [0.25, 0.3) is 5.91 Å². The van der Waals surface area contributed by atoms with E-state index in [4.69, 9.17) is 0 Å². The Morgan fingerprint density at radius 3 is 2.00 bits per heavy atom. The molecule has 1 saturated heterocycles. The van der Waals surface area contributed by atoms with E-state index in [9.17, 15) is 13.2 Å².